The normalized spacial score (nSPS) is 10.5. The van der Waals surface area contributed by atoms with Gasteiger partial charge in [-0.15, -0.1) is 12.4 Å². The molecule has 0 bridgehead atoms. The SMILES string of the molecule is Cl.NCCOc1c(-c2cccc(Br)c2)[nH]c(=O)c2cc(F)ccc12. The summed E-state index contributed by atoms with van der Waals surface area (Å²) in [5, 5.41) is 0.800. The maximum atomic E-state index is 13.5. The van der Waals surface area contributed by atoms with Gasteiger partial charge in [-0.1, -0.05) is 28.1 Å². The molecule has 3 rings (SSSR count). The number of rotatable bonds is 4. The number of nitrogens with one attached hydrogen (secondary N) is 1. The number of hydrogen-bond acceptors (Lipinski definition) is 3. The molecule has 0 aliphatic rings. The Hall–Kier alpha value is -1.89. The number of fused-ring (bicyclic) bond motifs is 1. The van der Waals surface area contributed by atoms with E-state index in [2.05, 4.69) is 20.9 Å². The molecule has 0 fully saturated rings. The summed E-state index contributed by atoms with van der Waals surface area (Å²) in [6, 6.07) is 11.5. The van der Waals surface area contributed by atoms with E-state index >= 15 is 0 Å². The molecule has 0 radical (unpaired) electrons. The van der Waals surface area contributed by atoms with Gasteiger partial charge in [-0.25, -0.2) is 4.39 Å². The predicted octanol–water partition coefficient (Wildman–Crippen LogP) is 3.86. The molecule has 3 N–H and O–H groups in total. The Bertz CT molecular complexity index is 930. The number of halogens is 3. The second kappa shape index (κ2) is 7.79. The highest BCUT2D eigenvalue weighted by Crippen LogP contribution is 2.34. The van der Waals surface area contributed by atoms with Gasteiger partial charge in [-0.05, 0) is 30.3 Å². The average Bonchev–Trinajstić information content (AvgIpc) is 2.54. The van der Waals surface area contributed by atoms with Crippen molar-refractivity contribution >= 4 is 39.1 Å². The molecule has 1 heterocycles. The van der Waals surface area contributed by atoms with Crippen molar-refractivity contribution in [3.63, 3.8) is 0 Å². The van der Waals surface area contributed by atoms with E-state index in [-0.39, 0.29) is 23.4 Å². The molecule has 3 aromatic rings. The molecule has 0 unspecified atom stereocenters. The summed E-state index contributed by atoms with van der Waals surface area (Å²) >= 11 is 3.41. The molecule has 0 aliphatic carbocycles. The molecule has 1 aromatic heterocycles. The first-order valence-electron chi connectivity index (χ1n) is 7.04. The Labute approximate surface area is 152 Å². The first kappa shape index (κ1) is 18.4. The highest BCUT2D eigenvalue weighted by atomic mass is 79.9. The van der Waals surface area contributed by atoms with Crippen LogP contribution in [0.1, 0.15) is 0 Å². The highest BCUT2D eigenvalue weighted by molar-refractivity contribution is 9.10. The Balaban J connectivity index is 0.00000208. The lowest BCUT2D eigenvalue weighted by molar-refractivity contribution is 0.332. The summed E-state index contributed by atoms with van der Waals surface area (Å²) in [6.45, 7) is 0.624. The van der Waals surface area contributed by atoms with Crippen LogP contribution in [0.15, 0.2) is 51.7 Å². The fourth-order valence-corrected chi connectivity index (χ4v) is 2.83. The van der Waals surface area contributed by atoms with Crippen molar-refractivity contribution in [1.29, 1.82) is 0 Å². The smallest absolute Gasteiger partial charge is 0.256 e. The van der Waals surface area contributed by atoms with Crippen molar-refractivity contribution in [2.75, 3.05) is 13.2 Å². The molecule has 0 saturated carbocycles. The molecule has 0 atom stereocenters. The van der Waals surface area contributed by atoms with Gasteiger partial charge in [-0.3, -0.25) is 4.79 Å². The average molecular weight is 414 g/mol. The number of aromatic nitrogens is 1. The number of ether oxygens (including phenoxy) is 1. The summed E-state index contributed by atoms with van der Waals surface area (Å²) in [7, 11) is 0. The summed E-state index contributed by atoms with van der Waals surface area (Å²) in [5.74, 6) is 0.0196. The van der Waals surface area contributed by atoms with Crippen molar-refractivity contribution in [2.24, 2.45) is 5.73 Å². The van der Waals surface area contributed by atoms with E-state index in [1.54, 1.807) is 6.07 Å². The lowest BCUT2D eigenvalue weighted by Crippen LogP contribution is -2.15. The zero-order valence-corrected chi connectivity index (χ0v) is 14.9. The Morgan fingerprint density at radius 2 is 1.96 bits per heavy atom. The summed E-state index contributed by atoms with van der Waals surface area (Å²) in [4.78, 5) is 15.1. The van der Waals surface area contributed by atoms with Crippen LogP contribution in [-0.2, 0) is 0 Å². The quantitative estimate of drug-likeness (QED) is 0.682. The van der Waals surface area contributed by atoms with E-state index in [4.69, 9.17) is 10.5 Å². The van der Waals surface area contributed by atoms with Crippen LogP contribution in [0.2, 0.25) is 0 Å². The van der Waals surface area contributed by atoms with Gasteiger partial charge < -0.3 is 15.5 Å². The van der Waals surface area contributed by atoms with E-state index in [9.17, 15) is 9.18 Å². The van der Waals surface area contributed by atoms with E-state index in [1.807, 2.05) is 24.3 Å². The van der Waals surface area contributed by atoms with Gasteiger partial charge in [-0.2, -0.15) is 0 Å². The number of hydrogen-bond donors (Lipinski definition) is 2. The molecule has 0 spiro atoms. The van der Waals surface area contributed by atoms with Crippen LogP contribution in [0.5, 0.6) is 5.75 Å². The number of pyridine rings is 1. The third kappa shape index (κ3) is 3.61. The van der Waals surface area contributed by atoms with Crippen LogP contribution in [-0.4, -0.2) is 18.1 Å². The Kier molecular flexibility index (Phi) is 5.99. The largest absolute Gasteiger partial charge is 0.489 e. The van der Waals surface area contributed by atoms with Gasteiger partial charge in [0.25, 0.3) is 5.56 Å². The van der Waals surface area contributed by atoms with Gasteiger partial charge >= 0.3 is 0 Å². The topological polar surface area (TPSA) is 68.1 Å². The van der Waals surface area contributed by atoms with Gasteiger partial charge in [0.1, 0.15) is 12.4 Å². The van der Waals surface area contributed by atoms with Crippen molar-refractivity contribution in [1.82, 2.24) is 4.98 Å². The van der Waals surface area contributed by atoms with Crippen LogP contribution in [0.4, 0.5) is 4.39 Å². The zero-order chi connectivity index (χ0) is 16.4. The molecule has 4 nitrogen and oxygen atoms in total. The molecule has 126 valence electrons. The first-order valence-corrected chi connectivity index (χ1v) is 7.84. The summed E-state index contributed by atoms with van der Waals surface area (Å²) in [5.41, 5.74) is 6.49. The van der Waals surface area contributed by atoms with E-state index in [0.717, 1.165) is 10.0 Å². The van der Waals surface area contributed by atoms with E-state index in [0.29, 0.717) is 30.0 Å². The van der Waals surface area contributed by atoms with Crippen molar-refractivity contribution in [2.45, 2.75) is 0 Å². The molecular weight excluding hydrogens is 399 g/mol. The summed E-state index contributed by atoms with van der Waals surface area (Å²) in [6.07, 6.45) is 0. The van der Waals surface area contributed by atoms with Crippen LogP contribution in [0.25, 0.3) is 22.0 Å². The first-order chi connectivity index (χ1) is 11.1. The number of nitrogens with two attached hydrogens (primary N) is 1. The maximum absolute atomic E-state index is 13.5. The minimum atomic E-state index is -0.469. The number of aromatic amines is 1. The lowest BCUT2D eigenvalue weighted by atomic mass is 10.1. The predicted molar refractivity (Wildman–Crippen MR) is 99.5 cm³/mol. The molecule has 24 heavy (non-hydrogen) atoms. The lowest BCUT2D eigenvalue weighted by Gasteiger charge is -2.14. The standard InChI is InChI=1S/C17H14BrFN2O2.ClH/c18-11-3-1-2-10(8-11)15-16(23-7-6-20)13-5-4-12(19)9-14(13)17(22)21-15;/h1-5,8-9H,6-7,20H2,(H,21,22);1H. The second-order valence-electron chi connectivity index (χ2n) is 5.00. The van der Waals surface area contributed by atoms with Crippen LogP contribution in [0.3, 0.4) is 0 Å². The molecule has 2 aromatic carbocycles. The highest BCUT2D eigenvalue weighted by Gasteiger charge is 2.15. The Morgan fingerprint density at radius 3 is 2.67 bits per heavy atom. The fraction of sp³-hybridized carbons (Fsp3) is 0.118. The molecule has 0 aliphatic heterocycles. The molecule has 7 heteroatoms. The van der Waals surface area contributed by atoms with Gasteiger partial charge in [0.2, 0.25) is 0 Å². The third-order valence-electron chi connectivity index (χ3n) is 3.41. The minimum Gasteiger partial charge on any atom is -0.489 e. The summed E-state index contributed by atoms with van der Waals surface area (Å²) < 4.78 is 20.1. The monoisotopic (exact) mass is 412 g/mol. The van der Waals surface area contributed by atoms with E-state index in [1.165, 1.54) is 12.1 Å². The van der Waals surface area contributed by atoms with Gasteiger partial charge in [0, 0.05) is 22.0 Å². The zero-order valence-electron chi connectivity index (χ0n) is 12.5. The fourth-order valence-electron chi connectivity index (χ4n) is 2.43. The molecular formula is C17H15BrClFN2O2. The van der Waals surface area contributed by atoms with Crippen molar-refractivity contribution in [3.8, 4) is 17.0 Å². The molecule has 0 amide bonds. The van der Waals surface area contributed by atoms with Gasteiger partial charge in [0.15, 0.2) is 5.75 Å². The second-order valence-corrected chi connectivity index (χ2v) is 5.91. The van der Waals surface area contributed by atoms with Crippen LogP contribution in [0, 0.1) is 5.82 Å². The molecule has 0 saturated heterocycles. The number of benzene rings is 2. The van der Waals surface area contributed by atoms with Crippen LogP contribution < -0.4 is 16.0 Å². The van der Waals surface area contributed by atoms with Gasteiger partial charge in [0.05, 0.1) is 11.1 Å². The van der Waals surface area contributed by atoms with Crippen molar-refractivity contribution in [3.05, 3.63) is 63.1 Å². The minimum absolute atomic E-state index is 0. The Morgan fingerprint density at radius 1 is 1.17 bits per heavy atom. The van der Waals surface area contributed by atoms with E-state index < -0.39 is 5.82 Å². The number of H-pyrrole nitrogens is 1. The van der Waals surface area contributed by atoms with Crippen LogP contribution >= 0.6 is 28.3 Å². The maximum Gasteiger partial charge on any atom is 0.256 e. The van der Waals surface area contributed by atoms with Crippen molar-refractivity contribution < 1.29 is 9.13 Å². The third-order valence-corrected chi connectivity index (χ3v) is 3.91.